The minimum atomic E-state index is -1.90. The largest absolute Gasteiger partial charge is 0.453 e. The van der Waals surface area contributed by atoms with Gasteiger partial charge in [-0.15, -0.1) is 0 Å². The highest BCUT2D eigenvalue weighted by Gasteiger charge is 2.25. The molecule has 196 valence electrons. The number of para-hydroxylation sites is 2. The Morgan fingerprint density at radius 1 is 0.659 bits per heavy atom. The molecule has 0 fully saturated rings. The molecule has 0 saturated carbocycles. The van der Waals surface area contributed by atoms with Gasteiger partial charge in [-0.05, 0) is 42.5 Å². The maximum Gasteiger partial charge on any atom is 0.275 e. The normalized spacial score (nSPS) is 12.8. The SMILES string of the molecule is [C-]#[N+]/C(C#N)=c1/c(F)c(F)/c(=C(\C#N)[N+]#[C-])c(Oc2ccccc2Oc2ccc3c(c2)Sc2ccccc2S3)c1F. The van der Waals surface area contributed by atoms with Crippen LogP contribution in [0.2, 0.25) is 0 Å². The monoisotopic (exact) mass is 580 g/mol. The summed E-state index contributed by atoms with van der Waals surface area (Å²) in [5, 5.41) is 16.2. The van der Waals surface area contributed by atoms with Crippen molar-refractivity contribution in [2.45, 2.75) is 19.6 Å². The van der Waals surface area contributed by atoms with Crippen LogP contribution < -0.4 is 19.9 Å². The summed E-state index contributed by atoms with van der Waals surface area (Å²) in [5.41, 5.74) is -2.07. The molecule has 0 atom stereocenters. The second-order valence-electron chi connectivity index (χ2n) is 8.08. The fourth-order valence-electron chi connectivity index (χ4n) is 3.86. The molecule has 0 amide bonds. The van der Waals surface area contributed by atoms with Crippen LogP contribution in [-0.2, 0) is 0 Å². The molecule has 0 radical (unpaired) electrons. The topological polar surface area (TPSA) is 74.8 Å². The van der Waals surface area contributed by atoms with Gasteiger partial charge < -0.3 is 9.47 Å². The summed E-state index contributed by atoms with van der Waals surface area (Å²) in [4.78, 5) is 9.81. The predicted octanol–water partition coefficient (Wildman–Crippen LogP) is 7.41. The van der Waals surface area contributed by atoms with Gasteiger partial charge in [-0.3, -0.25) is 0 Å². The van der Waals surface area contributed by atoms with Gasteiger partial charge in [-0.25, -0.2) is 33.4 Å². The highest BCUT2D eigenvalue weighted by Crippen LogP contribution is 2.49. The quantitative estimate of drug-likeness (QED) is 0.163. The molecule has 4 aromatic rings. The van der Waals surface area contributed by atoms with Gasteiger partial charge in [-0.1, -0.05) is 47.8 Å². The summed E-state index contributed by atoms with van der Waals surface area (Å²) in [5.74, 6) is -6.11. The van der Waals surface area contributed by atoms with E-state index in [1.54, 1.807) is 35.7 Å². The Morgan fingerprint density at radius 3 is 1.78 bits per heavy atom. The molecule has 1 aliphatic heterocycles. The Bertz CT molecular complexity index is 2020. The highest BCUT2D eigenvalue weighted by molar-refractivity contribution is 8.05. The molecule has 4 aromatic carbocycles. The van der Waals surface area contributed by atoms with E-state index in [-0.39, 0.29) is 11.5 Å². The third kappa shape index (κ3) is 5.04. The van der Waals surface area contributed by atoms with Crippen LogP contribution in [0, 0.1) is 53.3 Å². The van der Waals surface area contributed by atoms with Crippen LogP contribution in [0.4, 0.5) is 13.2 Å². The molecule has 5 rings (SSSR count). The van der Waals surface area contributed by atoms with Gasteiger partial charge in [0.1, 0.15) is 5.75 Å². The number of nitrogens with zero attached hydrogens (tertiary/aromatic N) is 4. The fraction of sp³-hybridized carbons (Fsp3) is 0. The van der Waals surface area contributed by atoms with E-state index in [9.17, 15) is 14.9 Å². The van der Waals surface area contributed by atoms with E-state index in [0.717, 1.165) is 19.6 Å². The Labute approximate surface area is 239 Å². The van der Waals surface area contributed by atoms with Gasteiger partial charge in [-0.2, -0.15) is 0 Å². The zero-order valence-electron chi connectivity index (χ0n) is 20.4. The van der Waals surface area contributed by atoms with Crippen molar-refractivity contribution in [3.8, 4) is 35.1 Å². The predicted molar refractivity (Wildman–Crippen MR) is 145 cm³/mol. The molecule has 1 aliphatic rings. The molecule has 41 heavy (non-hydrogen) atoms. The van der Waals surface area contributed by atoms with Crippen LogP contribution in [0.5, 0.6) is 23.0 Å². The van der Waals surface area contributed by atoms with Crippen molar-refractivity contribution >= 4 is 34.9 Å². The average Bonchev–Trinajstić information content (AvgIpc) is 2.99. The molecule has 0 spiro atoms. The van der Waals surface area contributed by atoms with Crippen LogP contribution in [0.25, 0.3) is 21.1 Å². The zero-order chi connectivity index (χ0) is 29.1. The second-order valence-corrected chi connectivity index (χ2v) is 10.2. The zero-order valence-corrected chi connectivity index (χ0v) is 22.0. The maximum atomic E-state index is 15.7. The minimum absolute atomic E-state index is 0.0499. The van der Waals surface area contributed by atoms with Crippen molar-refractivity contribution in [1.82, 2.24) is 0 Å². The number of ether oxygens (including phenoxy) is 2. The Kier molecular flexibility index (Phi) is 7.59. The van der Waals surface area contributed by atoms with Crippen molar-refractivity contribution in [2.75, 3.05) is 0 Å². The summed E-state index contributed by atoms with van der Waals surface area (Å²) < 4.78 is 57.4. The molecule has 11 heteroatoms. The van der Waals surface area contributed by atoms with Crippen LogP contribution in [0.1, 0.15) is 0 Å². The number of hydrogen-bond donors (Lipinski definition) is 0. The van der Waals surface area contributed by atoms with E-state index >= 15 is 8.78 Å². The van der Waals surface area contributed by atoms with Crippen LogP contribution in [0.3, 0.4) is 0 Å². The summed E-state index contributed by atoms with van der Waals surface area (Å²) in [6.07, 6.45) is 0. The highest BCUT2D eigenvalue weighted by atomic mass is 32.2. The van der Waals surface area contributed by atoms with E-state index in [2.05, 4.69) is 9.69 Å². The molecular formula is C30H11F3N4O2S2. The number of hydrogen-bond acceptors (Lipinski definition) is 6. The molecule has 0 aliphatic carbocycles. The first-order valence-corrected chi connectivity index (χ1v) is 13.1. The van der Waals surface area contributed by atoms with E-state index in [1.807, 2.05) is 36.4 Å². The molecule has 0 unspecified atom stereocenters. The lowest BCUT2D eigenvalue weighted by molar-refractivity contribution is 0.385. The summed E-state index contributed by atoms with van der Waals surface area (Å²) in [7, 11) is 0. The molecule has 0 aromatic heterocycles. The van der Waals surface area contributed by atoms with Crippen LogP contribution in [-0.4, -0.2) is 0 Å². The second kappa shape index (κ2) is 11.4. The number of fused-ring (bicyclic) bond motifs is 2. The lowest BCUT2D eigenvalue weighted by atomic mass is 10.1. The Hall–Kier alpha value is -5.33. The van der Waals surface area contributed by atoms with E-state index in [4.69, 9.17) is 22.6 Å². The van der Waals surface area contributed by atoms with Gasteiger partial charge in [0, 0.05) is 19.6 Å². The smallest absolute Gasteiger partial charge is 0.275 e. The lowest BCUT2D eigenvalue weighted by Gasteiger charge is -2.19. The molecular weight excluding hydrogens is 569 g/mol. The number of rotatable bonds is 4. The first-order valence-electron chi connectivity index (χ1n) is 11.4. The van der Waals surface area contributed by atoms with Gasteiger partial charge in [0.25, 0.3) is 11.4 Å². The first-order chi connectivity index (χ1) is 19.9. The summed E-state index contributed by atoms with van der Waals surface area (Å²) in [6.45, 7) is 14.3. The molecule has 6 nitrogen and oxygen atoms in total. The van der Waals surface area contributed by atoms with Crippen LogP contribution >= 0.6 is 23.5 Å². The van der Waals surface area contributed by atoms with Crippen molar-refractivity contribution < 1.29 is 22.6 Å². The fourth-order valence-corrected chi connectivity index (χ4v) is 6.10. The van der Waals surface area contributed by atoms with Crippen molar-refractivity contribution in [3.63, 3.8) is 0 Å². The van der Waals surface area contributed by atoms with E-state index in [1.165, 1.54) is 30.3 Å². The van der Waals surface area contributed by atoms with Gasteiger partial charge in [0.05, 0.1) is 35.7 Å². The maximum absolute atomic E-state index is 15.7. The number of benzene rings is 4. The molecule has 1 heterocycles. The van der Waals surface area contributed by atoms with Gasteiger partial charge in [0.15, 0.2) is 34.7 Å². The Balaban J connectivity index is 1.61. The number of halogens is 3. The molecule has 0 saturated heterocycles. The van der Waals surface area contributed by atoms with Crippen molar-refractivity contribution in [1.29, 1.82) is 10.5 Å². The van der Waals surface area contributed by atoms with Crippen LogP contribution in [0.15, 0.2) is 86.3 Å². The Morgan fingerprint density at radius 2 is 1.17 bits per heavy atom. The van der Waals surface area contributed by atoms with Gasteiger partial charge >= 0.3 is 0 Å². The van der Waals surface area contributed by atoms with E-state index < -0.39 is 45.0 Å². The number of nitriles is 2. The van der Waals surface area contributed by atoms with Crippen molar-refractivity contribution in [2.24, 2.45) is 0 Å². The van der Waals surface area contributed by atoms with E-state index in [0.29, 0.717) is 5.75 Å². The average molecular weight is 581 g/mol. The summed E-state index contributed by atoms with van der Waals surface area (Å²) >= 11 is 3.18. The lowest BCUT2D eigenvalue weighted by Crippen LogP contribution is -2.28. The molecule has 0 N–H and O–H groups in total. The summed E-state index contributed by atoms with van der Waals surface area (Å²) in [6, 6.07) is 22.0. The third-order valence-corrected chi connectivity index (χ3v) is 8.22. The van der Waals surface area contributed by atoms with Gasteiger partial charge in [0.2, 0.25) is 0 Å². The van der Waals surface area contributed by atoms with Crippen molar-refractivity contribution in [3.05, 3.63) is 117 Å². The molecule has 0 bridgehead atoms. The third-order valence-electron chi connectivity index (χ3n) is 5.68. The standard InChI is InChI=1S/C30H11F3N4O2S2/c1-36-17(14-34)25-27(31)28(32)26(18(15-35)37-2)30(29(25)33)39-20-8-4-3-7-19(20)38-16-11-12-23-24(13-16)41-22-10-6-5-9-21(22)40-23/h3-13H/b25-17-,26-18-. The first kappa shape index (κ1) is 27.2. The minimum Gasteiger partial charge on any atom is -0.453 e.